The predicted octanol–water partition coefficient (Wildman–Crippen LogP) is 1.94. The van der Waals surface area contributed by atoms with E-state index >= 15 is 0 Å². The Kier molecular flexibility index (Phi) is 4.45. The number of carbonyl (C=O) groups is 1. The summed E-state index contributed by atoms with van der Waals surface area (Å²) in [6, 6.07) is 7.00. The maximum Gasteiger partial charge on any atom is 0.226 e. The molecule has 1 N–H and O–H groups in total. The summed E-state index contributed by atoms with van der Waals surface area (Å²) in [5.41, 5.74) is 0.701. The van der Waals surface area contributed by atoms with E-state index in [1.165, 1.54) is 6.07 Å². The molecule has 0 saturated carbocycles. The summed E-state index contributed by atoms with van der Waals surface area (Å²) in [6.07, 6.45) is 0.759. The Bertz CT molecular complexity index is 549. The number of carbonyl (C=O) groups excluding carboxylic acids is 1. The summed E-state index contributed by atoms with van der Waals surface area (Å²) in [4.78, 5) is 14.4. The van der Waals surface area contributed by atoms with E-state index in [1.54, 1.807) is 6.07 Å². The highest BCUT2D eigenvalue weighted by Crippen LogP contribution is 2.32. The van der Waals surface area contributed by atoms with Gasteiger partial charge < -0.3 is 10.1 Å². The van der Waals surface area contributed by atoms with Gasteiger partial charge in [0, 0.05) is 31.2 Å². The molecule has 0 aliphatic carbocycles. The van der Waals surface area contributed by atoms with E-state index < -0.39 is 0 Å². The van der Waals surface area contributed by atoms with Gasteiger partial charge in [0.25, 0.3) is 0 Å². The van der Waals surface area contributed by atoms with Crippen molar-refractivity contribution in [3.05, 3.63) is 35.6 Å². The number of ether oxygens (including phenoxy) is 1. The fourth-order valence-electron chi connectivity index (χ4n) is 3.40. The Hall–Kier alpha value is -1.46. The molecule has 2 heterocycles. The average molecular weight is 306 g/mol. The lowest BCUT2D eigenvalue weighted by atomic mass is 9.99. The number of hydrogen-bond acceptors (Lipinski definition) is 3. The quantitative estimate of drug-likeness (QED) is 0.924. The molecule has 22 heavy (non-hydrogen) atoms. The second-order valence-corrected chi connectivity index (χ2v) is 6.59. The van der Waals surface area contributed by atoms with Gasteiger partial charge in [-0.05, 0) is 26.3 Å². The van der Waals surface area contributed by atoms with Crippen LogP contribution in [-0.2, 0) is 16.1 Å². The minimum absolute atomic E-state index is 0.0773. The topological polar surface area (TPSA) is 41.6 Å². The third-order valence-electron chi connectivity index (χ3n) is 4.35. The molecular weight excluding hydrogens is 283 g/mol. The van der Waals surface area contributed by atoms with Crippen LogP contribution in [0.1, 0.15) is 25.8 Å². The van der Waals surface area contributed by atoms with Crippen molar-refractivity contribution in [2.45, 2.75) is 45.1 Å². The van der Waals surface area contributed by atoms with Crippen LogP contribution in [0.5, 0.6) is 0 Å². The largest absolute Gasteiger partial charge is 0.371 e. The molecule has 3 rings (SSSR count). The maximum absolute atomic E-state index is 13.8. The Morgan fingerprint density at radius 3 is 2.91 bits per heavy atom. The molecule has 2 fully saturated rings. The lowest BCUT2D eigenvalue weighted by Crippen LogP contribution is -2.45. The number of likely N-dealkylation sites (tertiary alicyclic amines) is 1. The summed E-state index contributed by atoms with van der Waals surface area (Å²) in [5.74, 6) is -0.177. The standard InChI is InChI=1S/C17H23FN2O2/c1-11(2)19-17(21)14-7-13-9-20(10-16(14)22-13)8-12-5-3-4-6-15(12)18/h3-6,11,13-14,16H,7-10H2,1-2H3,(H,19,21)/t13-,14+,16-/m1/s1. The van der Waals surface area contributed by atoms with Crippen LogP contribution in [0.25, 0.3) is 0 Å². The zero-order valence-corrected chi connectivity index (χ0v) is 13.1. The first kappa shape index (κ1) is 15.4. The lowest BCUT2D eigenvalue weighted by molar-refractivity contribution is -0.128. The number of rotatable bonds is 4. The Labute approximate surface area is 130 Å². The van der Waals surface area contributed by atoms with Gasteiger partial charge in [-0.3, -0.25) is 9.69 Å². The van der Waals surface area contributed by atoms with Crippen LogP contribution < -0.4 is 5.32 Å². The van der Waals surface area contributed by atoms with Gasteiger partial charge in [0.15, 0.2) is 0 Å². The first-order valence-corrected chi connectivity index (χ1v) is 7.94. The molecule has 3 atom stereocenters. The van der Waals surface area contributed by atoms with Crippen molar-refractivity contribution in [1.29, 1.82) is 0 Å². The summed E-state index contributed by atoms with van der Waals surface area (Å²) in [5, 5.41) is 2.97. The molecule has 2 aliphatic rings. The zero-order chi connectivity index (χ0) is 15.7. The lowest BCUT2D eigenvalue weighted by Gasteiger charge is -2.32. The van der Waals surface area contributed by atoms with Crippen LogP contribution in [0.2, 0.25) is 0 Å². The van der Waals surface area contributed by atoms with Gasteiger partial charge in [-0.15, -0.1) is 0 Å². The molecule has 0 radical (unpaired) electrons. The van der Waals surface area contributed by atoms with E-state index in [1.807, 2.05) is 26.0 Å². The summed E-state index contributed by atoms with van der Waals surface area (Å²) >= 11 is 0. The van der Waals surface area contributed by atoms with Crippen molar-refractivity contribution in [2.75, 3.05) is 13.1 Å². The molecule has 1 aromatic carbocycles. The normalized spacial score (nSPS) is 28.1. The predicted molar refractivity (Wildman–Crippen MR) is 81.7 cm³/mol. The fourth-order valence-corrected chi connectivity index (χ4v) is 3.40. The highest BCUT2D eigenvalue weighted by molar-refractivity contribution is 5.80. The second-order valence-electron chi connectivity index (χ2n) is 6.59. The third-order valence-corrected chi connectivity index (χ3v) is 4.35. The van der Waals surface area contributed by atoms with Crippen molar-refractivity contribution in [1.82, 2.24) is 10.2 Å². The van der Waals surface area contributed by atoms with Crippen molar-refractivity contribution in [3.8, 4) is 0 Å². The number of hydrogen-bond donors (Lipinski definition) is 1. The van der Waals surface area contributed by atoms with Crippen LogP contribution in [0.3, 0.4) is 0 Å². The van der Waals surface area contributed by atoms with Crippen LogP contribution in [0, 0.1) is 11.7 Å². The van der Waals surface area contributed by atoms with Crippen LogP contribution >= 0.6 is 0 Å². The molecule has 0 unspecified atom stereocenters. The van der Waals surface area contributed by atoms with Crippen molar-refractivity contribution >= 4 is 5.91 Å². The van der Waals surface area contributed by atoms with Gasteiger partial charge in [-0.1, -0.05) is 18.2 Å². The zero-order valence-electron chi connectivity index (χ0n) is 13.1. The van der Waals surface area contributed by atoms with E-state index in [-0.39, 0.29) is 35.9 Å². The molecular formula is C17H23FN2O2. The highest BCUT2D eigenvalue weighted by Gasteiger charge is 2.44. The highest BCUT2D eigenvalue weighted by atomic mass is 19.1. The molecule has 2 saturated heterocycles. The number of amides is 1. The molecule has 1 amide bonds. The fraction of sp³-hybridized carbons (Fsp3) is 0.588. The van der Waals surface area contributed by atoms with Crippen molar-refractivity contribution in [2.24, 2.45) is 5.92 Å². The first-order valence-electron chi connectivity index (χ1n) is 7.94. The Morgan fingerprint density at radius 2 is 2.18 bits per heavy atom. The molecule has 2 aliphatic heterocycles. The third kappa shape index (κ3) is 3.31. The summed E-state index contributed by atoms with van der Waals surface area (Å²) in [7, 11) is 0. The van der Waals surface area contributed by atoms with Gasteiger partial charge >= 0.3 is 0 Å². The van der Waals surface area contributed by atoms with Gasteiger partial charge in [-0.25, -0.2) is 4.39 Å². The van der Waals surface area contributed by atoms with Crippen LogP contribution in [-0.4, -0.2) is 42.1 Å². The van der Waals surface area contributed by atoms with E-state index in [0.29, 0.717) is 18.7 Å². The molecule has 5 heteroatoms. The monoisotopic (exact) mass is 306 g/mol. The number of halogens is 1. The Morgan fingerprint density at radius 1 is 1.41 bits per heavy atom. The van der Waals surface area contributed by atoms with Crippen molar-refractivity contribution < 1.29 is 13.9 Å². The summed E-state index contributed by atoms with van der Waals surface area (Å²) in [6.45, 7) is 5.94. The SMILES string of the molecule is CC(C)NC(=O)[C@H]1C[C@@H]2CN(Cc3ccccc3F)C[C@H]1O2. The van der Waals surface area contributed by atoms with Gasteiger partial charge in [0.1, 0.15) is 5.82 Å². The van der Waals surface area contributed by atoms with Gasteiger partial charge in [-0.2, -0.15) is 0 Å². The first-order chi connectivity index (χ1) is 10.5. The van der Waals surface area contributed by atoms with E-state index in [0.717, 1.165) is 13.0 Å². The van der Waals surface area contributed by atoms with Crippen LogP contribution in [0.15, 0.2) is 24.3 Å². The van der Waals surface area contributed by atoms with Gasteiger partial charge in [0.05, 0.1) is 18.1 Å². The summed E-state index contributed by atoms with van der Waals surface area (Å²) < 4.78 is 19.7. The number of benzene rings is 1. The number of nitrogens with zero attached hydrogens (tertiary/aromatic N) is 1. The minimum atomic E-state index is -0.171. The van der Waals surface area contributed by atoms with Crippen LogP contribution in [0.4, 0.5) is 4.39 Å². The molecule has 1 aromatic rings. The number of nitrogens with one attached hydrogen (secondary N) is 1. The van der Waals surface area contributed by atoms with Crippen molar-refractivity contribution in [3.63, 3.8) is 0 Å². The van der Waals surface area contributed by atoms with E-state index in [4.69, 9.17) is 4.74 Å². The Balaban J connectivity index is 1.63. The molecule has 0 aromatic heterocycles. The average Bonchev–Trinajstić information content (AvgIpc) is 2.76. The second kappa shape index (κ2) is 6.34. The molecule has 4 nitrogen and oxygen atoms in total. The number of morpholine rings is 1. The van der Waals surface area contributed by atoms with E-state index in [2.05, 4.69) is 10.2 Å². The molecule has 120 valence electrons. The minimum Gasteiger partial charge on any atom is -0.371 e. The van der Waals surface area contributed by atoms with E-state index in [9.17, 15) is 9.18 Å². The smallest absolute Gasteiger partial charge is 0.226 e. The van der Waals surface area contributed by atoms with Gasteiger partial charge in [0.2, 0.25) is 5.91 Å². The number of fused-ring (bicyclic) bond motifs is 2. The maximum atomic E-state index is 13.8. The molecule has 2 bridgehead atoms. The molecule has 0 spiro atoms.